The summed E-state index contributed by atoms with van der Waals surface area (Å²) in [6.45, 7) is 0. The number of benzene rings is 4. The zero-order valence-electron chi connectivity index (χ0n) is 21.8. The normalized spacial score (nSPS) is 17.5. The van der Waals surface area contributed by atoms with Crippen LogP contribution in [-0.4, -0.2) is 7.12 Å². The van der Waals surface area contributed by atoms with Crippen molar-refractivity contribution < 1.29 is 79.6 Å². The molecule has 2 nitrogen and oxygen atoms in total. The van der Waals surface area contributed by atoms with Crippen LogP contribution in [0.15, 0.2) is 36.2 Å². The lowest BCUT2D eigenvalue weighted by atomic mass is 9.64. The van der Waals surface area contributed by atoms with E-state index in [4.69, 9.17) is 4.65 Å². The van der Waals surface area contributed by atoms with E-state index < -0.39 is 139 Å². The van der Waals surface area contributed by atoms with E-state index in [0.29, 0.717) is 0 Å². The number of hydrogen-bond acceptors (Lipinski definition) is 2. The van der Waals surface area contributed by atoms with Crippen LogP contribution in [0.4, 0.5) is 70.2 Å². The van der Waals surface area contributed by atoms with E-state index in [-0.39, 0.29) is 0 Å². The Morgan fingerprint density at radius 1 is 0.447 bits per heavy atom. The zero-order valence-corrected chi connectivity index (χ0v) is 21.8. The van der Waals surface area contributed by atoms with Gasteiger partial charge in [0, 0.05) is 16.7 Å². The summed E-state index contributed by atoms with van der Waals surface area (Å²) in [6.07, 6.45) is 0. The van der Waals surface area contributed by atoms with E-state index in [0.717, 1.165) is 24.3 Å². The van der Waals surface area contributed by atoms with Crippen LogP contribution >= 0.6 is 0 Å². The van der Waals surface area contributed by atoms with Gasteiger partial charge in [-0.05, 0) is 12.1 Å². The first kappa shape index (κ1) is 32.1. The predicted octanol–water partition coefficient (Wildman–Crippen LogP) is 9.31. The molecule has 1 unspecified atom stereocenters. The van der Waals surface area contributed by atoms with Crippen LogP contribution in [0.1, 0.15) is 22.3 Å². The SMILES string of the molecule is FC1=C(F)C(F)(B(Oc2ccccc2)Oc2c(F)c(F)c(F)c3c2C(F)(F)c2c(F)c(F)c(F)c(F)c2-3)c2c(F)c(F)c(F)c(F)c21. The third-order valence-corrected chi connectivity index (χ3v) is 7.32. The molecule has 0 aliphatic heterocycles. The Balaban J connectivity index is 1.67. The molecule has 0 saturated carbocycles. The monoisotopic (exact) mass is 688 g/mol. The molecule has 0 amide bonds. The highest BCUT2D eigenvalue weighted by Crippen LogP contribution is 2.60. The first-order chi connectivity index (χ1) is 21.9. The molecular weight excluding hydrogens is 683 g/mol. The number of fused-ring (bicyclic) bond motifs is 4. The standard InChI is InChI=1S/C28H5BF16O2/c30-13-7-8-12(28(44,45)11(7)18(35)23(40)19(13)36)25(24(41)21(38)14(8)31)47-29(46-6-4-2-1-3-5-6)27(43)10-9(16(33)26(27)42)15(32)20(37)22(39)17(10)34/h1-5H. The lowest BCUT2D eigenvalue weighted by Crippen LogP contribution is -2.50. The van der Waals surface area contributed by atoms with Gasteiger partial charge in [-0.25, -0.2) is 57.1 Å². The second kappa shape index (κ2) is 10.3. The van der Waals surface area contributed by atoms with E-state index in [2.05, 4.69) is 4.65 Å². The summed E-state index contributed by atoms with van der Waals surface area (Å²) in [7, 11) is -3.78. The maximum absolute atomic E-state index is 16.8. The largest absolute Gasteiger partial charge is 0.647 e. The van der Waals surface area contributed by atoms with Gasteiger partial charge in [0.15, 0.2) is 75.6 Å². The Morgan fingerprint density at radius 3 is 1.45 bits per heavy atom. The molecule has 2 aliphatic carbocycles. The maximum Gasteiger partial charge on any atom is 0.647 e. The van der Waals surface area contributed by atoms with Crippen LogP contribution in [0.5, 0.6) is 11.5 Å². The van der Waals surface area contributed by atoms with Crippen LogP contribution in [0.2, 0.25) is 0 Å². The molecule has 0 N–H and O–H groups in total. The maximum atomic E-state index is 16.8. The van der Waals surface area contributed by atoms with Crippen LogP contribution in [-0.2, 0) is 11.5 Å². The number of para-hydroxylation sites is 1. The number of alkyl halides is 3. The molecule has 0 fully saturated rings. The Bertz CT molecular complexity index is 2080. The van der Waals surface area contributed by atoms with E-state index in [1.165, 1.54) is 6.07 Å². The Hall–Kier alpha value is -4.84. The van der Waals surface area contributed by atoms with Crippen LogP contribution < -0.4 is 9.31 Å². The molecule has 2 aliphatic rings. The molecular formula is C28H5BF16O2. The second-order valence-corrected chi connectivity index (χ2v) is 9.83. The van der Waals surface area contributed by atoms with E-state index in [1.807, 2.05) is 0 Å². The van der Waals surface area contributed by atoms with Crippen molar-refractivity contribution >= 4 is 12.9 Å². The molecule has 0 saturated heterocycles. The minimum atomic E-state index is -5.45. The number of allylic oxidation sites excluding steroid dienone is 1. The molecule has 244 valence electrons. The molecule has 0 heterocycles. The Morgan fingerprint density at radius 2 is 0.894 bits per heavy atom. The van der Waals surface area contributed by atoms with Crippen molar-refractivity contribution in [3.05, 3.63) is 122 Å². The van der Waals surface area contributed by atoms with Crippen molar-refractivity contribution in [2.45, 2.75) is 11.5 Å². The topological polar surface area (TPSA) is 18.5 Å². The first-order valence-electron chi connectivity index (χ1n) is 12.4. The summed E-state index contributed by atoms with van der Waals surface area (Å²) in [6, 6.07) is 4.95. The summed E-state index contributed by atoms with van der Waals surface area (Å²) in [5, 5.41) is 0. The van der Waals surface area contributed by atoms with Crippen molar-refractivity contribution in [3.8, 4) is 22.6 Å². The van der Waals surface area contributed by atoms with Gasteiger partial charge in [0.2, 0.25) is 5.82 Å². The number of hydrogen-bond donors (Lipinski definition) is 0. The van der Waals surface area contributed by atoms with Gasteiger partial charge >= 0.3 is 13.0 Å². The molecule has 4 aromatic rings. The average Bonchev–Trinajstić information content (AvgIpc) is 3.41. The minimum Gasteiger partial charge on any atom is -0.523 e. The quantitative estimate of drug-likeness (QED) is 0.0902. The molecule has 19 heteroatoms. The van der Waals surface area contributed by atoms with Crippen molar-refractivity contribution in [1.29, 1.82) is 0 Å². The van der Waals surface area contributed by atoms with Crippen molar-refractivity contribution in [3.63, 3.8) is 0 Å². The summed E-state index contributed by atoms with van der Waals surface area (Å²) in [5.41, 5.74) is -19.2. The van der Waals surface area contributed by atoms with Gasteiger partial charge in [-0.3, -0.25) is 0 Å². The van der Waals surface area contributed by atoms with Gasteiger partial charge in [0.05, 0.1) is 16.7 Å². The molecule has 1 atom stereocenters. The average molecular weight is 688 g/mol. The third kappa shape index (κ3) is 4.03. The molecule has 47 heavy (non-hydrogen) atoms. The molecule has 0 radical (unpaired) electrons. The summed E-state index contributed by atoms with van der Waals surface area (Å²) in [5.74, 6) is -45.9. The molecule has 0 spiro atoms. The Labute approximate surface area is 249 Å². The predicted molar refractivity (Wildman–Crippen MR) is 126 cm³/mol. The van der Waals surface area contributed by atoms with Crippen LogP contribution in [0, 0.1) is 64.0 Å². The fourth-order valence-electron chi connectivity index (χ4n) is 5.27. The molecule has 4 aromatic carbocycles. The molecule has 0 bridgehead atoms. The van der Waals surface area contributed by atoms with Crippen molar-refractivity contribution in [2.24, 2.45) is 0 Å². The Kier molecular flexibility index (Phi) is 7.06. The fourth-order valence-corrected chi connectivity index (χ4v) is 5.27. The smallest absolute Gasteiger partial charge is 0.523 e. The first-order valence-corrected chi connectivity index (χ1v) is 12.4. The summed E-state index contributed by atoms with van der Waals surface area (Å²) >= 11 is 0. The van der Waals surface area contributed by atoms with Crippen LogP contribution in [0.3, 0.4) is 0 Å². The molecule has 6 rings (SSSR count). The van der Waals surface area contributed by atoms with Gasteiger partial charge < -0.3 is 9.31 Å². The zero-order chi connectivity index (χ0) is 34.7. The summed E-state index contributed by atoms with van der Waals surface area (Å²) < 4.78 is 248. The highest BCUT2D eigenvalue weighted by Gasteiger charge is 2.66. The van der Waals surface area contributed by atoms with Crippen molar-refractivity contribution in [1.82, 2.24) is 0 Å². The third-order valence-electron chi connectivity index (χ3n) is 7.32. The van der Waals surface area contributed by atoms with Crippen LogP contribution in [0.25, 0.3) is 17.0 Å². The van der Waals surface area contributed by atoms with Gasteiger partial charge in [-0.15, -0.1) is 0 Å². The number of halogens is 16. The van der Waals surface area contributed by atoms with Gasteiger partial charge in [-0.2, -0.15) is 13.2 Å². The van der Waals surface area contributed by atoms with Gasteiger partial charge in [0.1, 0.15) is 5.75 Å². The molecule has 0 aromatic heterocycles. The number of rotatable bonds is 5. The minimum absolute atomic E-state index is 0.796. The van der Waals surface area contributed by atoms with Crippen molar-refractivity contribution in [2.75, 3.05) is 0 Å². The summed E-state index contributed by atoms with van der Waals surface area (Å²) in [4.78, 5) is 0. The fraction of sp³-hybridized carbons (Fsp3) is 0.0714. The lowest BCUT2D eigenvalue weighted by Gasteiger charge is -2.29. The van der Waals surface area contributed by atoms with E-state index >= 15 is 22.0 Å². The highest BCUT2D eigenvalue weighted by molar-refractivity contribution is 6.51. The van der Waals surface area contributed by atoms with Gasteiger partial charge in [-0.1, -0.05) is 18.2 Å². The van der Waals surface area contributed by atoms with Gasteiger partial charge in [0.25, 0.3) is 5.57 Å². The second-order valence-electron chi connectivity index (χ2n) is 9.83. The lowest BCUT2D eigenvalue weighted by molar-refractivity contribution is 0.0401. The van der Waals surface area contributed by atoms with E-state index in [1.54, 1.807) is 0 Å². The highest BCUT2D eigenvalue weighted by atomic mass is 19.3. The van der Waals surface area contributed by atoms with E-state index in [9.17, 15) is 48.3 Å².